The Morgan fingerprint density at radius 1 is 1.29 bits per heavy atom. The Morgan fingerprint density at radius 3 is 2.76 bits per heavy atom. The second-order valence-corrected chi connectivity index (χ2v) is 6.03. The lowest BCUT2D eigenvalue weighted by molar-refractivity contribution is -0.130. The summed E-state index contributed by atoms with van der Waals surface area (Å²) < 4.78 is 1.95. The lowest BCUT2D eigenvalue weighted by atomic mass is 10.3. The molecule has 2 heterocycles. The van der Waals surface area contributed by atoms with E-state index in [0.717, 1.165) is 42.8 Å². The van der Waals surface area contributed by atoms with E-state index in [1.54, 1.807) is 0 Å². The van der Waals surface area contributed by atoms with E-state index >= 15 is 0 Å². The Balaban J connectivity index is 1.96. The smallest absolute Gasteiger partial charge is 0.242 e. The highest BCUT2D eigenvalue weighted by Gasteiger charge is 2.21. The van der Waals surface area contributed by atoms with Gasteiger partial charge < -0.3 is 9.47 Å². The summed E-state index contributed by atoms with van der Waals surface area (Å²) >= 11 is 12.1. The van der Waals surface area contributed by atoms with Crippen LogP contribution in [-0.4, -0.2) is 39.3 Å². The highest BCUT2D eigenvalue weighted by molar-refractivity contribution is 6.34. The van der Waals surface area contributed by atoms with Crippen LogP contribution in [0.3, 0.4) is 0 Å². The quantitative estimate of drug-likeness (QED) is 0.810. The van der Waals surface area contributed by atoms with Gasteiger partial charge in [-0.2, -0.15) is 0 Å². The van der Waals surface area contributed by atoms with E-state index in [-0.39, 0.29) is 5.91 Å². The van der Waals surface area contributed by atoms with Crippen molar-refractivity contribution in [3.05, 3.63) is 29.0 Å². The summed E-state index contributed by atoms with van der Waals surface area (Å²) in [6, 6.07) is 5.64. The summed E-state index contributed by atoms with van der Waals surface area (Å²) in [5, 5.41) is 0.607. The Morgan fingerprint density at radius 2 is 2.05 bits per heavy atom. The third kappa shape index (κ3) is 2.87. The number of carbonyl (C=O) groups excluding carboxylic acids is 1. The fraction of sp³-hybridized carbons (Fsp3) is 0.467. The van der Waals surface area contributed by atoms with Gasteiger partial charge in [-0.15, -0.1) is 11.6 Å². The van der Waals surface area contributed by atoms with Crippen molar-refractivity contribution in [2.24, 2.45) is 0 Å². The standard InChI is InChI=1S/C15H17Cl2N3O/c16-7-6-13-18-15-11(17)4-3-5-12(15)20(13)10-14(21)19-8-1-2-9-19/h3-5H,1-2,6-10H2. The summed E-state index contributed by atoms with van der Waals surface area (Å²) in [5.41, 5.74) is 1.64. The molecule has 1 aliphatic rings. The number of alkyl halides is 1. The van der Waals surface area contributed by atoms with Crippen LogP contribution in [0, 0.1) is 0 Å². The molecular formula is C15H17Cl2N3O. The zero-order chi connectivity index (χ0) is 14.8. The summed E-state index contributed by atoms with van der Waals surface area (Å²) in [6.45, 7) is 2.02. The molecule has 1 aromatic carbocycles. The first-order valence-corrected chi connectivity index (χ1v) is 8.09. The topological polar surface area (TPSA) is 38.1 Å². The van der Waals surface area contributed by atoms with E-state index in [4.69, 9.17) is 23.2 Å². The van der Waals surface area contributed by atoms with Gasteiger partial charge in [0.2, 0.25) is 5.91 Å². The number of likely N-dealkylation sites (tertiary alicyclic amines) is 1. The second-order valence-electron chi connectivity index (χ2n) is 5.25. The molecule has 0 radical (unpaired) electrons. The van der Waals surface area contributed by atoms with E-state index in [1.807, 2.05) is 27.7 Å². The highest BCUT2D eigenvalue weighted by Crippen LogP contribution is 2.24. The van der Waals surface area contributed by atoms with Gasteiger partial charge in [0.25, 0.3) is 0 Å². The number of carbonyl (C=O) groups is 1. The van der Waals surface area contributed by atoms with Crippen molar-refractivity contribution < 1.29 is 4.79 Å². The molecule has 21 heavy (non-hydrogen) atoms. The van der Waals surface area contributed by atoms with Crippen LogP contribution in [-0.2, 0) is 17.8 Å². The third-order valence-electron chi connectivity index (χ3n) is 3.88. The fourth-order valence-corrected chi connectivity index (χ4v) is 3.20. The van der Waals surface area contributed by atoms with Crippen molar-refractivity contribution in [2.45, 2.75) is 25.8 Å². The van der Waals surface area contributed by atoms with Crippen molar-refractivity contribution in [2.75, 3.05) is 19.0 Å². The van der Waals surface area contributed by atoms with E-state index in [2.05, 4.69) is 4.98 Å². The number of hydrogen-bond acceptors (Lipinski definition) is 2. The molecule has 0 spiro atoms. The van der Waals surface area contributed by atoms with Gasteiger partial charge >= 0.3 is 0 Å². The van der Waals surface area contributed by atoms with Crippen LogP contribution in [0.25, 0.3) is 11.0 Å². The van der Waals surface area contributed by atoms with Gasteiger partial charge in [-0.3, -0.25) is 4.79 Å². The van der Waals surface area contributed by atoms with Gasteiger partial charge in [0, 0.05) is 25.4 Å². The zero-order valence-electron chi connectivity index (χ0n) is 11.7. The minimum atomic E-state index is 0.141. The Labute approximate surface area is 133 Å². The van der Waals surface area contributed by atoms with Crippen LogP contribution in [0.1, 0.15) is 18.7 Å². The Bertz CT molecular complexity index is 662. The molecule has 1 aromatic heterocycles. The van der Waals surface area contributed by atoms with Gasteiger partial charge in [-0.1, -0.05) is 17.7 Å². The lowest BCUT2D eigenvalue weighted by Crippen LogP contribution is -2.31. The molecule has 0 bridgehead atoms. The first-order chi connectivity index (χ1) is 10.2. The van der Waals surface area contributed by atoms with Crippen LogP contribution in [0.5, 0.6) is 0 Å². The van der Waals surface area contributed by atoms with Crippen molar-refractivity contribution in [1.29, 1.82) is 0 Å². The minimum Gasteiger partial charge on any atom is -0.341 e. The molecule has 4 nitrogen and oxygen atoms in total. The average molecular weight is 326 g/mol. The molecular weight excluding hydrogens is 309 g/mol. The average Bonchev–Trinajstić information content (AvgIpc) is 3.10. The van der Waals surface area contributed by atoms with E-state index < -0.39 is 0 Å². The molecule has 0 atom stereocenters. The number of para-hydroxylation sites is 1. The molecule has 1 aliphatic heterocycles. The minimum absolute atomic E-state index is 0.141. The molecule has 0 saturated carbocycles. The first kappa shape index (κ1) is 14.7. The van der Waals surface area contributed by atoms with Crippen molar-refractivity contribution >= 4 is 40.1 Å². The second kappa shape index (κ2) is 6.24. The van der Waals surface area contributed by atoms with Gasteiger partial charge in [0.05, 0.1) is 10.5 Å². The van der Waals surface area contributed by atoms with Gasteiger partial charge in [0.1, 0.15) is 17.9 Å². The first-order valence-electron chi connectivity index (χ1n) is 7.18. The fourth-order valence-electron chi connectivity index (χ4n) is 2.81. The molecule has 3 rings (SSSR count). The number of fused-ring (bicyclic) bond motifs is 1. The van der Waals surface area contributed by atoms with Gasteiger partial charge in [0.15, 0.2) is 0 Å². The maximum absolute atomic E-state index is 12.4. The number of nitrogens with zero attached hydrogens (tertiary/aromatic N) is 3. The largest absolute Gasteiger partial charge is 0.341 e. The van der Waals surface area contributed by atoms with Crippen LogP contribution < -0.4 is 0 Å². The molecule has 0 N–H and O–H groups in total. The molecule has 112 valence electrons. The summed E-state index contributed by atoms with van der Waals surface area (Å²) in [4.78, 5) is 18.9. The third-order valence-corrected chi connectivity index (χ3v) is 4.37. The van der Waals surface area contributed by atoms with E-state index in [0.29, 0.717) is 23.9 Å². The van der Waals surface area contributed by atoms with E-state index in [9.17, 15) is 4.79 Å². The van der Waals surface area contributed by atoms with Crippen molar-refractivity contribution in [3.63, 3.8) is 0 Å². The number of benzene rings is 1. The summed E-state index contributed by atoms with van der Waals surface area (Å²) in [6.07, 6.45) is 2.81. The molecule has 0 unspecified atom stereocenters. The molecule has 2 aromatic rings. The maximum Gasteiger partial charge on any atom is 0.242 e. The van der Waals surface area contributed by atoms with E-state index in [1.165, 1.54) is 0 Å². The van der Waals surface area contributed by atoms with Crippen LogP contribution >= 0.6 is 23.2 Å². The predicted octanol–water partition coefficient (Wildman–Crippen LogP) is 3.09. The molecule has 1 amide bonds. The number of halogens is 2. The van der Waals surface area contributed by atoms with Crippen LogP contribution in [0.2, 0.25) is 5.02 Å². The molecule has 1 saturated heterocycles. The Hall–Kier alpha value is -1.26. The number of imidazole rings is 1. The van der Waals surface area contributed by atoms with Crippen LogP contribution in [0.4, 0.5) is 0 Å². The Kier molecular flexibility index (Phi) is 4.36. The van der Waals surface area contributed by atoms with Gasteiger partial charge in [-0.25, -0.2) is 4.98 Å². The molecule has 6 heteroatoms. The summed E-state index contributed by atoms with van der Waals surface area (Å²) in [5.74, 6) is 1.43. The SMILES string of the molecule is O=C(Cn1c(CCCl)nc2c(Cl)cccc21)N1CCCC1. The highest BCUT2D eigenvalue weighted by atomic mass is 35.5. The van der Waals surface area contributed by atoms with Gasteiger partial charge in [-0.05, 0) is 25.0 Å². The predicted molar refractivity (Wildman–Crippen MR) is 85.0 cm³/mol. The molecule has 1 fully saturated rings. The zero-order valence-corrected chi connectivity index (χ0v) is 13.2. The normalized spacial score (nSPS) is 15.0. The maximum atomic E-state index is 12.4. The summed E-state index contributed by atoms with van der Waals surface area (Å²) in [7, 11) is 0. The number of aryl methyl sites for hydroxylation is 1. The number of aromatic nitrogens is 2. The number of hydrogen-bond donors (Lipinski definition) is 0. The van der Waals surface area contributed by atoms with Crippen molar-refractivity contribution in [3.8, 4) is 0 Å². The number of rotatable bonds is 4. The monoisotopic (exact) mass is 325 g/mol. The number of amides is 1. The lowest BCUT2D eigenvalue weighted by Gasteiger charge is -2.17. The van der Waals surface area contributed by atoms with Crippen molar-refractivity contribution in [1.82, 2.24) is 14.5 Å². The molecule has 0 aliphatic carbocycles. The van der Waals surface area contributed by atoms with Crippen LogP contribution in [0.15, 0.2) is 18.2 Å².